The molecule has 0 unspecified atom stereocenters. The van der Waals surface area contributed by atoms with Gasteiger partial charge in [0.15, 0.2) is 5.13 Å². The minimum absolute atomic E-state index is 0.0627. The van der Waals surface area contributed by atoms with Crippen molar-refractivity contribution in [2.45, 2.75) is 26.3 Å². The van der Waals surface area contributed by atoms with Gasteiger partial charge in [0.05, 0.1) is 0 Å². The van der Waals surface area contributed by atoms with Crippen molar-refractivity contribution in [2.24, 2.45) is 0 Å². The smallest absolute Gasteiger partial charge is 0.251 e. The summed E-state index contributed by atoms with van der Waals surface area (Å²) in [5.41, 5.74) is 3.24. The van der Waals surface area contributed by atoms with E-state index in [4.69, 9.17) is 0 Å². The van der Waals surface area contributed by atoms with Crippen LogP contribution in [0.5, 0.6) is 0 Å². The number of nitrogens with zero attached hydrogens (tertiary/aromatic N) is 2. The quantitative estimate of drug-likeness (QED) is 0.831. The molecular formula is C20H24N4O2S. The van der Waals surface area contributed by atoms with Gasteiger partial charge in [-0.1, -0.05) is 23.8 Å². The van der Waals surface area contributed by atoms with Crippen LogP contribution in [-0.4, -0.2) is 41.8 Å². The first-order valence-electron chi connectivity index (χ1n) is 9.00. The van der Waals surface area contributed by atoms with Crippen molar-refractivity contribution in [3.8, 4) is 0 Å². The maximum absolute atomic E-state index is 11.6. The van der Waals surface area contributed by atoms with Crippen LogP contribution in [0.1, 0.15) is 40.6 Å². The second kappa shape index (κ2) is 8.92. The summed E-state index contributed by atoms with van der Waals surface area (Å²) in [6.07, 6.45) is 6.14. The Labute approximate surface area is 163 Å². The van der Waals surface area contributed by atoms with Gasteiger partial charge in [-0.25, -0.2) is 4.98 Å². The predicted molar refractivity (Wildman–Crippen MR) is 109 cm³/mol. The summed E-state index contributed by atoms with van der Waals surface area (Å²) in [4.78, 5) is 30.5. The minimum Gasteiger partial charge on any atom is -0.355 e. The average molecular weight is 385 g/mol. The molecule has 0 aliphatic carbocycles. The standard InChI is InChI=1S/C20H24N4O2S/c1-14(25)23-20-22-12-18(27-20)13-24-9-7-16(8-10-24)11-15-3-5-17(6-4-15)19(26)21-2/h3-6,11-12H,7-10,13H2,1-2H3,(H,21,26)(H,22,23,25). The van der Waals surface area contributed by atoms with E-state index in [9.17, 15) is 9.59 Å². The molecule has 2 N–H and O–H groups in total. The number of aromatic nitrogens is 1. The molecule has 0 radical (unpaired) electrons. The molecule has 142 valence electrons. The van der Waals surface area contributed by atoms with Crippen molar-refractivity contribution < 1.29 is 9.59 Å². The van der Waals surface area contributed by atoms with Crippen LogP contribution in [0, 0.1) is 0 Å². The van der Waals surface area contributed by atoms with Crippen molar-refractivity contribution in [1.82, 2.24) is 15.2 Å². The molecule has 0 saturated carbocycles. The molecule has 1 saturated heterocycles. The van der Waals surface area contributed by atoms with Crippen molar-refractivity contribution in [1.29, 1.82) is 0 Å². The van der Waals surface area contributed by atoms with Gasteiger partial charge >= 0.3 is 0 Å². The van der Waals surface area contributed by atoms with Crippen LogP contribution in [0.4, 0.5) is 5.13 Å². The summed E-state index contributed by atoms with van der Waals surface area (Å²) < 4.78 is 0. The molecule has 1 fully saturated rings. The van der Waals surface area contributed by atoms with E-state index in [1.54, 1.807) is 7.05 Å². The lowest BCUT2D eigenvalue weighted by Gasteiger charge is -2.27. The molecule has 6 nitrogen and oxygen atoms in total. The molecule has 0 bridgehead atoms. The Morgan fingerprint density at radius 3 is 2.56 bits per heavy atom. The predicted octanol–water partition coefficient (Wildman–Crippen LogP) is 3.14. The van der Waals surface area contributed by atoms with Crippen LogP contribution in [0.15, 0.2) is 36.0 Å². The van der Waals surface area contributed by atoms with Gasteiger partial charge in [-0.3, -0.25) is 14.5 Å². The fraction of sp³-hybridized carbons (Fsp3) is 0.350. The molecule has 2 aromatic rings. The minimum atomic E-state index is -0.0907. The van der Waals surface area contributed by atoms with E-state index in [0.29, 0.717) is 10.7 Å². The van der Waals surface area contributed by atoms with Crippen LogP contribution in [0.25, 0.3) is 6.08 Å². The van der Waals surface area contributed by atoms with Gasteiger partial charge < -0.3 is 10.6 Å². The van der Waals surface area contributed by atoms with Crippen molar-refractivity contribution in [3.05, 3.63) is 52.0 Å². The largest absolute Gasteiger partial charge is 0.355 e. The van der Waals surface area contributed by atoms with Crippen molar-refractivity contribution in [3.63, 3.8) is 0 Å². The monoisotopic (exact) mass is 384 g/mol. The topological polar surface area (TPSA) is 74.3 Å². The molecule has 2 heterocycles. The Hall–Kier alpha value is -2.51. The summed E-state index contributed by atoms with van der Waals surface area (Å²) in [5, 5.41) is 6.02. The highest BCUT2D eigenvalue weighted by atomic mass is 32.1. The molecular weight excluding hydrogens is 360 g/mol. The SMILES string of the molecule is CNC(=O)c1ccc(C=C2CCN(Cc3cnc(NC(C)=O)s3)CC2)cc1. The highest BCUT2D eigenvalue weighted by Gasteiger charge is 2.15. The number of rotatable bonds is 5. The second-order valence-electron chi connectivity index (χ2n) is 6.59. The number of hydrogen-bond donors (Lipinski definition) is 2. The Morgan fingerprint density at radius 2 is 1.93 bits per heavy atom. The number of benzene rings is 1. The Balaban J connectivity index is 1.52. The molecule has 7 heteroatoms. The maximum Gasteiger partial charge on any atom is 0.251 e. The lowest BCUT2D eigenvalue weighted by Crippen LogP contribution is -2.29. The van der Waals surface area contributed by atoms with Crippen LogP contribution >= 0.6 is 11.3 Å². The summed E-state index contributed by atoms with van der Waals surface area (Å²) in [5.74, 6) is -0.153. The third-order valence-corrected chi connectivity index (χ3v) is 5.38. The van der Waals surface area contributed by atoms with E-state index in [-0.39, 0.29) is 11.8 Å². The molecule has 2 amide bonds. The normalized spacial score (nSPS) is 14.7. The van der Waals surface area contributed by atoms with Gasteiger partial charge in [0.2, 0.25) is 5.91 Å². The lowest BCUT2D eigenvalue weighted by molar-refractivity contribution is -0.114. The van der Waals surface area contributed by atoms with Crippen LogP contribution in [0.3, 0.4) is 0 Å². The highest BCUT2D eigenvalue weighted by molar-refractivity contribution is 7.15. The van der Waals surface area contributed by atoms with Gasteiger partial charge in [0.1, 0.15) is 0 Å². The Bertz CT molecular complexity index is 832. The third kappa shape index (κ3) is 5.48. The summed E-state index contributed by atoms with van der Waals surface area (Å²) in [6.45, 7) is 4.38. The molecule has 0 atom stereocenters. The van der Waals surface area contributed by atoms with E-state index in [1.807, 2.05) is 30.5 Å². The van der Waals surface area contributed by atoms with E-state index in [2.05, 4.69) is 26.6 Å². The molecule has 1 aromatic heterocycles. The number of hydrogen-bond acceptors (Lipinski definition) is 5. The first-order chi connectivity index (χ1) is 13.0. The second-order valence-corrected chi connectivity index (χ2v) is 7.71. The lowest BCUT2D eigenvalue weighted by atomic mass is 10.0. The number of anilines is 1. The molecule has 1 aliphatic rings. The number of carbonyl (C=O) groups excluding carboxylic acids is 2. The van der Waals surface area contributed by atoms with Crippen molar-refractivity contribution >= 4 is 34.4 Å². The zero-order valence-corrected chi connectivity index (χ0v) is 16.4. The summed E-state index contributed by atoms with van der Waals surface area (Å²) in [7, 11) is 1.64. The number of nitrogens with one attached hydrogen (secondary N) is 2. The molecule has 1 aliphatic heterocycles. The summed E-state index contributed by atoms with van der Waals surface area (Å²) >= 11 is 1.53. The highest BCUT2D eigenvalue weighted by Crippen LogP contribution is 2.24. The van der Waals surface area contributed by atoms with Gasteiger partial charge in [-0.2, -0.15) is 0 Å². The third-order valence-electron chi connectivity index (χ3n) is 4.48. The van der Waals surface area contributed by atoms with Gasteiger partial charge in [-0.05, 0) is 30.5 Å². The van der Waals surface area contributed by atoms with Gasteiger partial charge in [-0.15, -0.1) is 11.3 Å². The van der Waals surface area contributed by atoms with Crippen LogP contribution in [0.2, 0.25) is 0 Å². The summed E-state index contributed by atoms with van der Waals surface area (Å²) in [6, 6.07) is 7.70. The number of carbonyl (C=O) groups is 2. The van der Waals surface area contributed by atoms with Gasteiger partial charge in [0.25, 0.3) is 5.91 Å². The molecule has 3 rings (SSSR count). The number of amides is 2. The zero-order valence-electron chi connectivity index (χ0n) is 15.6. The average Bonchev–Trinajstić information content (AvgIpc) is 3.09. The molecule has 0 spiro atoms. The fourth-order valence-corrected chi connectivity index (χ4v) is 3.96. The first-order valence-corrected chi connectivity index (χ1v) is 9.81. The van der Waals surface area contributed by atoms with E-state index in [0.717, 1.165) is 42.9 Å². The first kappa shape index (κ1) is 19.3. The van der Waals surface area contributed by atoms with E-state index in [1.165, 1.54) is 23.8 Å². The molecule has 1 aromatic carbocycles. The fourth-order valence-electron chi connectivity index (χ4n) is 3.06. The number of likely N-dealkylation sites (tertiary alicyclic amines) is 1. The Morgan fingerprint density at radius 1 is 1.22 bits per heavy atom. The zero-order chi connectivity index (χ0) is 19.2. The van der Waals surface area contributed by atoms with E-state index >= 15 is 0 Å². The Kier molecular flexibility index (Phi) is 6.36. The van der Waals surface area contributed by atoms with Crippen LogP contribution < -0.4 is 10.6 Å². The van der Waals surface area contributed by atoms with Gasteiger partial charge in [0, 0.05) is 50.2 Å². The maximum atomic E-state index is 11.6. The van der Waals surface area contributed by atoms with Crippen LogP contribution in [-0.2, 0) is 11.3 Å². The number of thiazole rings is 1. The van der Waals surface area contributed by atoms with Crippen molar-refractivity contribution in [2.75, 3.05) is 25.5 Å². The molecule has 27 heavy (non-hydrogen) atoms. The van der Waals surface area contributed by atoms with E-state index < -0.39 is 0 Å². The number of piperidine rings is 1.